The Hall–Kier alpha value is -1.66. The summed E-state index contributed by atoms with van der Waals surface area (Å²) in [6, 6.07) is 5.82. The van der Waals surface area contributed by atoms with E-state index < -0.39 is 5.60 Å². The fraction of sp³-hybridized carbons (Fsp3) is 0.500. The smallest absolute Gasteiger partial charge is 0.274 e. The molecule has 118 valence electrons. The van der Waals surface area contributed by atoms with E-state index in [1.807, 2.05) is 44.5 Å². The van der Waals surface area contributed by atoms with Gasteiger partial charge in [0.2, 0.25) is 0 Å². The maximum Gasteiger partial charge on any atom is 0.274 e. The summed E-state index contributed by atoms with van der Waals surface area (Å²) in [5.74, 6) is -0.121. The summed E-state index contributed by atoms with van der Waals surface area (Å²) in [5, 5.41) is 16.8. The minimum Gasteiger partial charge on any atom is -0.388 e. The van der Waals surface area contributed by atoms with E-state index in [2.05, 4.69) is 5.10 Å². The van der Waals surface area contributed by atoms with Crippen molar-refractivity contribution < 1.29 is 9.90 Å². The van der Waals surface area contributed by atoms with Gasteiger partial charge in [-0.1, -0.05) is 19.9 Å². The van der Waals surface area contributed by atoms with Crippen molar-refractivity contribution in [1.82, 2.24) is 14.7 Å². The molecule has 0 saturated carbocycles. The fourth-order valence-electron chi connectivity index (χ4n) is 2.82. The Morgan fingerprint density at radius 3 is 2.64 bits per heavy atom. The van der Waals surface area contributed by atoms with E-state index in [4.69, 9.17) is 0 Å². The number of β-amino-alcohol motifs (C(OH)–C–C–N with tert-alkyl or cyclic N) is 1. The fourth-order valence-corrected chi connectivity index (χ4v) is 3.59. The number of nitrogens with zero attached hydrogens (tertiary/aromatic N) is 3. The SMILES string of the molecule is Cn1nc(C(=O)N2CC(C)(C)[C@@](C)(O)C2)cc1-c1cccs1. The van der Waals surface area contributed by atoms with Gasteiger partial charge in [0.05, 0.1) is 22.7 Å². The van der Waals surface area contributed by atoms with Crippen molar-refractivity contribution in [1.29, 1.82) is 0 Å². The predicted octanol–water partition coefficient (Wildman–Crippen LogP) is 2.38. The van der Waals surface area contributed by atoms with Crippen LogP contribution in [0.1, 0.15) is 31.3 Å². The lowest BCUT2D eigenvalue weighted by molar-refractivity contribution is -0.0108. The second-order valence-electron chi connectivity index (χ2n) is 6.83. The van der Waals surface area contributed by atoms with Crippen LogP contribution in [0, 0.1) is 5.41 Å². The molecule has 6 heteroatoms. The van der Waals surface area contributed by atoms with Gasteiger partial charge in [0.15, 0.2) is 5.69 Å². The van der Waals surface area contributed by atoms with Crippen LogP contribution in [-0.4, -0.2) is 44.4 Å². The Balaban J connectivity index is 1.87. The number of carbonyl (C=O) groups is 1. The summed E-state index contributed by atoms with van der Waals surface area (Å²) in [5.41, 5.74) is 0.158. The average Bonchev–Trinajstić information content (AvgIpc) is 3.08. The van der Waals surface area contributed by atoms with Crippen LogP contribution in [0.4, 0.5) is 0 Å². The van der Waals surface area contributed by atoms with E-state index in [1.165, 1.54) is 0 Å². The molecule has 1 saturated heterocycles. The van der Waals surface area contributed by atoms with E-state index in [-0.39, 0.29) is 11.3 Å². The number of hydrogen-bond acceptors (Lipinski definition) is 4. The molecule has 22 heavy (non-hydrogen) atoms. The molecule has 2 aromatic heterocycles. The maximum absolute atomic E-state index is 12.7. The Morgan fingerprint density at radius 1 is 1.36 bits per heavy atom. The lowest BCUT2D eigenvalue weighted by Gasteiger charge is -2.30. The van der Waals surface area contributed by atoms with E-state index in [0.29, 0.717) is 18.8 Å². The predicted molar refractivity (Wildman–Crippen MR) is 86.8 cm³/mol. The monoisotopic (exact) mass is 319 g/mol. The second-order valence-corrected chi connectivity index (χ2v) is 7.78. The molecule has 3 heterocycles. The summed E-state index contributed by atoms with van der Waals surface area (Å²) >= 11 is 1.62. The number of thiophene rings is 1. The zero-order valence-corrected chi connectivity index (χ0v) is 14.1. The van der Waals surface area contributed by atoms with Crippen LogP contribution in [0.2, 0.25) is 0 Å². The van der Waals surface area contributed by atoms with Crippen molar-refractivity contribution in [2.24, 2.45) is 12.5 Å². The van der Waals surface area contributed by atoms with Crippen molar-refractivity contribution in [3.63, 3.8) is 0 Å². The van der Waals surface area contributed by atoms with Crippen LogP contribution >= 0.6 is 11.3 Å². The third kappa shape index (κ3) is 2.36. The molecular formula is C16H21N3O2S. The molecule has 1 aliphatic rings. The van der Waals surface area contributed by atoms with Crippen LogP contribution in [0.15, 0.2) is 23.6 Å². The van der Waals surface area contributed by atoms with E-state index in [0.717, 1.165) is 10.6 Å². The zero-order valence-electron chi connectivity index (χ0n) is 13.3. The van der Waals surface area contributed by atoms with Crippen LogP contribution < -0.4 is 0 Å². The first-order valence-corrected chi connectivity index (χ1v) is 8.19. The zero-order chi connectivity index (χ0) is 16.1. The molecule has 0 bridgehead atoms. The van der Waals surface area contributed by atoms with Crippen LogP contribution in [0.25, 0.3) is 10.6 Å². The molecule has 1 fully saturated rings. The van der Waals surface area contributed by atoms with E-state index in [1.54, 1.807) is 27.8 Å². The summed E-state index contributed by atoms with van der Waals surface area (Å²) in [6.07, 6.45) is 0. The van der Waals surface area contributed by atoms with Gasteiger partial charge < -0.3 is 10.0 Å². The second kappa shape index (κ2) is 4.93. The number of aromatic nitrogens is 2. The summed E-state index contributed by atoms with van der Waals surface area (Å²) in [6.45, 7) is 6.62. The van der Waals surface area contributed by atoms with Gasteiger partial charge in [0.25, 0.3) is 5.91 Å². The molecule has 1 atom stereocenters. The van der Waals surface area contributed by atoms with Gasteiger partial charge in [0.1, 0.15) is 0 Å². The number of likely N-dealkylation sites (tertiary alicyclic amines) is 1. The lowest BCUT2D eigenvalue weighted by atomic mass is 9.79. The number of hydrogen-bond donors (Lipinski definition) is 1. The first kappa shape index (κ1) is 15.2. The molecule has 1 N–H and O–H groups in total. The van der Waals surface area contributed by atoms with Crippen LogP contribution in [0.3, 0.4) is 0 Å². The third-order valence-electron chi connectivity index (χ3n) is 4.70. The molecule has 0 aliphatic carbocycles. The highest BCUT2D eigenvalue weighted by Gasteiger charge is 2.49. The van der Waals surface area contributed by atoms with Crippen molar-refractivity contribution in [3.05, 3.63) is 29.3 Å². The molecule has 1 amide bonds. The third-order valence-corrected chi connectivity index (χ3v) is 5.60. The first-order valence-electron chi connectivity index (χ1n) is 7.31. The number of aliphatic hydroxyl groups is 1. The number of carbonyl (C=O) groups excluding carboxylic acids is 1. The number of aryl methyl sites for hydroxylation is 1. The van der Waals surface area contributed by atoms with E-state index in [9.17, 15) is 9.90 Å². The first-order chi connectivity index (χ1) is 10.2. The van der Waals surface area contributed by atoms with Gasteiger partial charge in [-0.05, 0) is 24.4 Å². The Kier molecular flexibility index (Phi) is 3.41. The lowest BCUT2D eigenvalue weighted by Crippen LogP contribution is -2.40. The molecule has 0 radical (unpaired) electrons. The Bertz CT molecular complexity index is 685. The van der Waals surface area contributed by atoms with Gasteiger partial charge >= 0.3 is 0 Å². The van der Waals surface area contributed by atoms with E-state index >= 15 is 0 Å². The molecule has 0 aromatic carbocycles. The van der Waals surface area contributed by atoms with Crippen molar-refractivity contribution in [3.8, 4) is 10.6 Å². The minimum atomic E-state index is -0.881. The summed E-state index contributed by atoms with van der Waals surface area (Å²) < 4.78 is 1.73. The van der Waals surface area contributed by atoms with Crippen molar-refractivity contribution in [2.75, 3.05) is 13.1 Å². The highest BCUT2D eigenvalue weighted by Crippen LogP contribution is 2.39. The molecule has 2 aromatic rings. The van der Waals surface area contributed by atoms with Crippen LogP contribution in [-0.2, 0) is 7.05 Å². The van der Waals surface area contributed by atoms with Gasteiger partial charge in [-0.2, -0.15) is 5.10 Å². The average molecular weight is 319 g/mol. The van der Waals surface area contributed by atoms with Gasteiger partial charge in [-0.15, -0.1) is 11.3 Å². The molecule has 3 rings (SSSR count). The minimum absolute atomic E-state index is 0.121. The largest absolute Gasteiger partial charge is 0.388 e. The standard InChI is InChI=1S/C16H21N3O2S/c1-15(2)9-19(10-16(15,3)21)14(20)11-8-12(18(4)17-11)13-6-5-7-22-13/h5-8,21H,9-10H2,1-4H3/t16-/m0/s1. The quantitative estimate of drug-likeness (QED) is 0.924. The summed E-state index contributed by atoms with van der Waals surface area (Å²) in [4.78, 5) is 15.5. The number of amides is 1. The maximum atomic E-state index is 12.7. The van der Waals surface area contributed by atoms with Crippen LogP contribution in [0.5, 0.6) is 0 Å². The molecule has 1 aliphatic heterocycles. The molecule has 0 spiro atoms. The highest BCUT2D eigenvalue weighted by molar-refractivity contribution is 7.13. The topological polar surface area (TPSA) is 58.4 Å². The Labute approximate surface area is 134 Å². The highest BCUT2D eigenvalue weighted by atomic mass is 32.1. The molecule has 5 nitrogen and oxygen atoms in total. The van der Waals surface area contributed by atoms with Crippen molar-refractivity contribution in [2.45, 2.75) is 26.4 Å². The summed E-state index contributed by atoms with van der Waals surface area (Å²) in [7, 11) is 1.84. The molecule has 0 unspecified atom stereocenters. The van der Waals surface area contributed by atoms with Crippen molar-refractivity contribution >= 4 is 17.2 Å². The Morgan fingerprint density at radius 2 is 2.09 bits per heavy atom. The number of rotatable bonds is 2. The normalized spacial score (nSPS) is 24.0. The molecular weight excluding hydrogens is 298 g/mol. The van der Waals surface area contributed by atoms with Gasteiger partial charge in [-0.25, -0.2) is 0 Å². The van der Waals surface area contributed by atoms with Gasteiger partial charge in [-0.3, -0.25) is 9.48 Å². The van der Waals surface area contributed by atoms with Gasteiger partial charge in [0, 0.05) is 19.0 Å².